The summed E-state index contributed by atoms with van der Waals surface area (Å²) in [5.74, 6) is 0. The molecule has 0 N–H and O–H groups in total. The molecule has 15 heavy (non-hydrogen) atoms. The molecule has 1 unspecified atom stereocenters. The zero-order valence-corrected chi connectivity index (χ0v) is 11.0. The van der Waals surface area contributed by atoms with Crippen LogP contribution < -0.4 is 0 Å². The summed E-state index contributed by atoms with van der Waals surface area (Å²) >= 11 is 0. The van der Waals surface area contributed by atoms with Crippen LogP contribution in [0.1, 0.15) is 48.0 Å². The molecule has 0 aliphatic carbocycles. The molecule has 3 nitrogen and oxygen atoms in total. The van der Waals surface area contributed by atoms with Gasteiger partial charge in [-0.2, -0.15) is 5.10 Å². The van der Waals surface area contributed by atoms with Gasteiger partial charge in [0, 0.05) is 12.6 Å². The maximum absolute atomic E-state index is 4.49. The van der Waals surface area contributed by atoms with Gasteiger partial charge < -0.3 is 4.90 Å². The van der Waals surface area contributed by atoms with E-state index < -0.39 is 0 Å². The van der Waals surface area contributed by atoms with E-state index in [0.717, 1.165) is 13.0 Å². The SMILES string of the molecule is CCN1C=NN(C(C)C)C1CC(C)(C)C. The third-order valence-electron chi connectivity index (χ3n) is 2.71. The van der Waals surface area contributed by atoms with Crippen molar-refractivity contribution in [2.45, 2.75) is 60.2 Å². The number of hydrogen-bond donors (Lipinski definition) is 0. The van der Waals surface area contributed by atoms with Crippen LogP contribution in [-0.4, -0.2) is 35.0 Å². The minimum absolute atomic E-state index is 0.346. The van der Waals surface area contributed by atoms with Crippen LogP contribution in [0.5, 0.6) is 0 Å². The first-order valence-electron chi connectivity index (χ1n) is 5.93. The Morgan fingerprint density at radius 2 is 1.93 bits per heavy atom. The van der Waals surface area contributed by atoms with E-state index in [4.69, 9.17) is 0 Å². The first kappa shape index (κ1) is 12.3. The highest BCUT2D eigenvalue weighted by atomic mass is 15.6. The van der Waals surface area contributed by atoms with E-state index in [0.29, 0.717) is 17.6 Å². The lowest BCUT2D eigenvalue weighted by molar-refractivity contribution is 0.0668. The van der Waals surface area contributed by atoms with Crippen molar-refractivity contribution in [1.29, 1.82) is 0 Å². The van der Waals surface area contributed by atoms with Crippen molar-refractivity contribution >= 4 is 6.34 Å². The number of nitrogens with zero attached hydrogens (tertiary/aromatic N) is 3. The van der Waals surface area contributed by atoms with Gasteiger partial charge in [-0.3, -0.25) is 5.01 Å². The van der Waals surface area contributed by atoms with Gasteiger partial charge >= 0.3 is 0 Å². The number of hydrazone groups is 1. The van der Waals surface area contributed by atoms with Gasteiger partial charge in [0.15, 0.2) is 0 Å². The van der Waals surface area contributed by atoms with Crippen molar-refractivity contribution < 1.29 is 0 Å². The Morgan fingerprint density at radius 3 is 2.33 bits per heavy atom. The summed E-state index contributed by atoms with van der Waals surface area (Å²) in [5, 5.41) is 6.70. The third kappa shape index (κ3) is 3.11. The van der Waals surface area contributed by atoms with Crippen LogP contribution in [0.25, 0.3) is 0 Å². The second kappa shape index (κ2) is 4.42. The lowest BCUT2D eigenvalue weighted by atomic mass is 9.90. The summed E-state index contributed by atoms with van der Waals surface area (Å²) in [6, 6.07) is 0.477. The fourth-order valence-corrected chi connectivity index (χ4v) is 1.96. The van der Waals surface area contributed by atoms with Gasteiger partial charge in [-0.05, 0) is 32.6 Å². The van der Waals surface area contributed by atoms with Crippen molar-refractivity contribution in [3.63, 3.8) is 0 Å². The molecular formula is C12H25N3. The van der Waals surface area contributed by atoms with Crippen LogP contribution in [0.2, 0.25) is 0 Å². The van der Waals surface area contributed by atoms with Gasteiger partial charge in [-0.1, -0.05) is 20.8 Å². The second-order valence-electron chi connectivity index (χ2n) is 5.78. The maximum Gasteiger partial charge on any atom is 0.119 e. The van der Waals surface area contributed by atoms with Crippen molar-refractivity contribution in [3.8, 4) is 0 Å². The smallest absolute Gasteiger partial charge is 0.119 e. The number of hydrogen-bond acceptors (Lipinski definition) is 3. The highest BCUT2D eigenvalue weighted by Gasteiger charge is 2.32. The molecule has 0 spiro atoms. The normalized spacial score (nSPS) is 21.9. The molecule has 3 heteroatoms. The zero-order chi connectivity index (χ0) is 11.6. The van der Waals surface area contributed by atoms with Crippen LogP contribution in [-0.2, 0) is 0 Å². The van der Waals surface area contributed by atoms with Gasteiger partial charge in [-0.25, -0.2) is 0 Å². The molecule has 0 aromatic carbocycles. The molecule has 1 aliphatic rings. The van der Waals surface area contributed by atoms with E-state index in [9.17, 15) is 0 Å². The van der Waals surface area contributed by atoms with Gasteiger partial charge in [-0.15, -0.1) is 0 Å². The van der Waals surface area contributed by atoms with Gasteiger partial charge in [0.2, 0.25) is 0 Å². The largest absolute Gasteiger partial charge is 0.340 e. The van der Waals surface area contributed by atoms with Crippen molar-refractivity contribution in [2.24, 2.45) is 10.5 Å². The van der Waals surface area contributed by atoms with Crippen LogP contribution in [0.4, 0.5) is 0 Å². The van der Waals surface area contributed by atoms with Gasteiger partial charge in [0.25, 0.3) is 0 Å². The van der Waals surface area contributed by atoms with E-state index in [1.54, 1.807) is 0 Å². The zero-order valence-electron chi connectivity index (χ0n) is 11.0. The fourth-order valence-electron chi connectivity index (χ4n) is 1.96. The molecule has 0 aromatic heterocycles. The van der Waals surface area contributed by atoms with E-state index >= 15 is 0 Å². The Kier molecular flexibility index (Phi) is 3.63. The predicted octanol–water partition coefficient (Wildman–Crippen LogP) is 2.74. The van der Waals surface area contributed by atoms with Gasteiger partial charge in [0.05, 0.1) is 0 Å². The predicted molar refractivity (Wildman–Crippen MR) is 65.7 cm³/mol. The summed E-state index contributed by atoms with van der Waals surface area (Å²) in [4.78, 5) is 2.32. The molecule has 0 fully saturated rings. The summed E-state index contributed by atoms with van der Waals surface area (Å²) in [6.07, 6.45) is 3.57. The third-order valence-corrected chi connectivity index (χ3v) is 2.71. The highest BCUT2D eigenvalue weighted by Crippen LogP contribution is 2.28. The molecule has 0 saturated heterocycles. The average Bonchev–Trinajstić information content (AvgIpc) is 2.44. The van der Waals surface area contributed by atoms with Crippen LogP contribution in [0.3, 0.4) is 0 Å². The van der Waals surface area contributed by atoms with Crippen LogP contribution in [0, 0.1) is 5.41 Å². The van der Waals surface area contributed by atoms with E-state index in [1.165, 1.54) is 0 Å². The lowest BCUT2D eigenvalue weighted by Gasteiger charge is -2.36. The summed E-state index contributed by atoms with van der Waals surface area (Å²) in [7, 11) is 0. The van der Waals surface area contributed by atoms with Crippen molar-refractivity contribution in [1.82, 2.24) is 9.91 Å². The Bertz CT molecular complexity index is 228. The Labute approximate surface area is 94.1 Å². The van der Waals surface area contributed by atoms with Crippen LogP contribution >= 0.6 is 0 Å². The molecule has 0 aromatic rings. The second-order valence-corrected chi connectivity index (χ2v) is 5.78. The molecular weight excluding hydrogens is 186 g/mol. The molecule has 1 rings (SSSR count). The first-order chi connectivity index (χ1) is 6.85. The average molecular weight is 211 g/mol. The van der Waals surface area contributed by atoms with Crippen molar-refractivity contribution in [2.75, 3.05) is 6.54 Å². The standard InChI is InChI=1S/C12H25N3/c1-7-14-9-13-15(10(2)3)11(14)8-12(4,5)6/h9-11H,7-8H2,1-6H3. The van der Waals surface area contributed by atoms with Crippen molar-refractivity contribution in [3.05, 3.63) is 0 Å². The molecule has 88 valence electrons. The topological polar surface area (TPSA) is 18.8 Å². The lowest BCUT2D eigenvalue weighted by Crippen LogP contribution is -2.44. The molecule has 0 saturated carbocycles. The molecule has 0 radical (unpaired) electrons. The first-order valence-corrected chi connectivity index (χ1v) is 5.93. The Hall–Kier alpha value is -0.730. The molecule has 1 heterocycles. The van der Waals surface area contributed by atoms with E-state index in [2.05, 4.69) is 56.6 Å². The molecule has 0 bridgehead atoms. The molecule has 1 atom stereocenters. The minimum atomic E-state index is 0.346. The summed E-state index contributed by atoms with van der Waals surface area (Å²) in [5.41, 5.74) is 0.346. The maximum atomic E-state index is 4.49. The van der Waals surface area contributed by atoms with Crippen LogP contribution in [0.15, 0.2) is 5.10 Å². The number of rotatable bonds is 3. The Balaban J connectivity index is 2.72. The molecule has 1 aliphatic heterocycles. The summed E-state index contributed by atoms with van der Waals surface area (Å²) < 4.78 is 0. The fraction of sp³-hybridized carbons (Fsp3) is 0.917. The molecule has 0 amide bonds. The quantitative estimate of drug-likeness (QED) is 0.715. The van der Waals surface area contributed by atoms with E-state index in [-0.39, 0.29) is 0 Å². The summed E-state index contributed by atoms with van der Waals surface area (Å²) in [6.45, 7) is 14.5. The highest BCUT2D eigenvalue weighted by molar-refractivity contribution is 5.57. The van der Waals surface area contributed by atoms with E-state index in [1.807, 2.05) is 6.34 Å². The van der Waals surface area contributed by atoms with Gasteiger partial charge in [0.1, 0.15) is 12.5 Å². The Morgan fingerprint density at radius 1 is 1.33 bits per heavy atom. The monoisotopic (exact) mass is 211 g/mol. The minimum Gasteiger partial charge on any atom is -0.340 e.